The SMILES string of the molecule is C=C(CC)CSC(=N)N. The van der Waals surface area contributed by atoms with Gasteiger partial charge in [0.2, 0.25) is 0 Å². The zero-order valence-electron chi connectivity index (χ0n) is 5.61. The fourth-order valence-corrected chi connectivity index (χ4v) is 0.846. The van der Waals surface area contributed by atoms with Crippen molar-refractivity contribution < 1.29 is 0 Å². The second kappa shape index (κ2) is 4.44. The molecule has 9 heavy (non-hydrogen) atoms. The average Bonchev–Trinajstić information content (AvgIpc) is 1.83. The Morgan fingerprint density at radius 1 is 1.78 bits per heavy atom. The van der Waals surface area contributed by atoms with Gasteiger partial charge in [-0.2, -0.15) is 0 Å². The van der Waals surface area contributed by atoms with Gasteiger partial charge in [0.15, 0.2) is 5.17 Å². The molecule has 0 rings (SSSR count). The van der Waals surface area contributed by atoms with Gasteiger partial charge in [-0.25, -0.2) is 0 Å². The Morgan fingerprint density at radius 2 is 2.33 bits per heavy atom. The summed E-state index contributed by atoms with van der Waals surface area (Å²) in [6.07, 6.45) is 0.972. The molecule has 52 valence electrons. The Labute approximate surface area is 60.0 Å². The van der Waals surface area contributed by atoms with Gasteiger partial charge < -0.3 is 5.73 Å². The molecule has 3 heteroatoms. The van der Waals surface area contributed by atoms with Crippen molar-refractivity contribution in [2.45, 2.75) is 13.3 Å². The second-order valence-corrected chi connectivity index (χ2v) is 2.77. The Balaban J connectivity index is 3.28. The third-order valence-electron chi connectivity index (χ3n) is 0.932. The number of hydrogen-bond donors (Lipinski definition) is 2. The van der Waals surface area contributed by atoms with Crippen molar-refractivity contribution in [2.24, 2.45) is 5.73 Å². The summed E-state index contributed by atoms with van der Waals surface area (Å²) in [6.45, 7) is 5.82. The number of nitrogens with one attached hydrogen (secondary N) is 1. The fraction of sp³-hybridized carbons (Fsp3) is 0.500. The first-order valence-electron chi connectivity index (χ1n) is 2.80. The maximum atomic E-state index is 6.86. The van der Waals surface area contributed by atoms with Gasteiger partial charge in [-0.05, 0) is 6.42 Å². The van der Waals surface area contributed by atoms with Crippen LogP contribution < -0.4 is 5.73 Å². The minimum absolute atomic E-state index is 0.171. The Hall–Kier alpha value is -0.440. The molecule has 0 spiro atoms. The minimum Gasteiger partial charge on any atom is -0.379 e. The van der Waals surface area contributed by atoms with Crippen molar-refractivity contribution in [1.29, 1.82) is 5.41 Å². The smallest absolute Gasteiger partial charge is 0.151 e. The molecule has 0 aromatic heterocycles. The molecule has 0 radical (unpaired) electrons. The van der Waals surface area contributed by atoms with E-state index < -0.39 is 0 Å². The largest absolute Gasteiger partial charge is 0.379 e. The van der Waals surface area contributed by atoms with Crippen LogP contribution in [0.2, 0.25) is 0 Å². The van der Waals surface area contributed by atoms with E-state index in [2.05, 4.69) is 6.58 Å². The standard InChI is InChI=1S/C6H12N2S/c1-3-5(2)4-9-6(7)8/h2-4H2,1H3,(H3,7,8). The van der Waals surface area contributed by atoms with E-state index in [1.54, 1.807) is 0 Å². The number of thioether (sulfide) groups is 1. The van der Waals surface area contributed by atoms with Crippen LogP contribution in [0.25, 0.3) is 0 Å². The average molecular weight is 144 g/mol. The zero-order chi connectivity index (χ0) is 7.28. The molecular weight excluding hydrogens is 132 g/mol. The summed E-state index contributed by atoms with van der Waals surface area (Å²) in [4.78, 5) is 0. The molecule has 0 fully saturated rings. The number of nitrogens with two attached hydrogens (primary N) is 1. The summed E-state index contributed by atoms with van der Waals surface area (Å²) in [6, 6.07) is 0. The molecule has 0 amide bonds. The molecule has 0 bridgehead atoms. The predicted octanol–water partition coefficient (Wildman–Crippen LogP) is 1.58. The first kappa shape index (κ1) is 8.56. The van der Waals surface area contributed by atoms with Crippen molar-refractivity contribution in [1.82, 2.24) is 0 Å². The number of amidine groups is 1. The highest BCUT2D eigenvalue weighted by Gasteiger charge is 1.92. The molecule has 3 N–H and O–H groups in total. The van der Waals surface area contributed by atoms with Crippen LogP contribution >= 0.6 is 11.8 Å². The maximum Gasteiger partial charge on any atom is 0.151 e. The molecule has 0 aromatic rings. The van der Waals surface area contributed by atoms with Crippen molar-refractivity contribution >= 4 is 16.9 Å². The van der Waals surface area contributed by atoms with Gasteiger partial charge in [-0.3, -0.25) is 5.41 Å². The van der Waals surface area contributed by atoms with Gasteiger partial charge in [-0.1, -0.05) is 30.8 Å². The lowest BCUT2D eigenvalue weighted by Gasteiger charge is -1.98. The van der Waals surface area contributed by atoms with E-state index in [1.807, 2.05) is 6.92 Å². The van der Waals surface area contributed by atoms with E-state index in [9.17, 15) is 0 Å². The lowest BCUT2D eigenvalue weighted by Crippen LogP contribution is -2.04. The molecule has 0 heterocycles. The Bertz CT molecular complexity index is 120. The molecule has 0 saturated heterocycles. The molecule has 0 unspecified atom stereocenters. The van der Waals surface area contributed by atoms with Gasteiger partial charge >= 0.3 is 0 Å². The van der Waals surface area contributed by atoms with Crippen molar-refractivity contribution in [2.75, 3.05) is 5.75 Å². The van der Waals surface area contributed by atoms with E-state index in [4.69, 9.17) is 11.1 Å². The third-order valence-corrected chi connectivity index (χ3v) is 1.80. The monoisotopic (exact) mass is 144 g/mol. The fourth-order valence-electron chi connectivity index (χ4n) is 0.282. The second-order valence-electron chi connectivity index (χ2n) is 1.76. The van der Waals surface area contributed by atoms with Crippen LogP contribution in [-0.4, -0.2) is 10.9 Å². The normalized spacial score (nSPS) is 9.00. The first-order valence-corrected chi connectivity index (χ1v) is 3.78. The van der Waals surface area contributed by atoms with Gasteiger partial charge in [0.25, 0.3) is 0 Å². The third kappa shape index (κ3) is 5.43. The lowest BCUT2D eigenvalue weighted by molar-refractivity contribution is 1.12. The summed E-state index contributed by atoms with van der Waals surface area (Å²) in [5.41, 5.74) is 6.24. The summed E-state index contributed by atoms with van der Waals surface area (Å²) >= 11 is 1.33. The van der Waals surface area contributed by atoms with E-state index in [0.29, 0.717) is 0 Å². The Morgan fingerprint density at radius 3 is 2.67 bits per heavy atom. The number of hydrogen-bond acceptors (Lipinski definition) is 2. The van der Waals surface area contributed by atoms with Crippen LogP contribution in [0, 0.1) is 5.41 Å². The number of rotatable bonds is 3. The molecule has 2 nitrogen and oxygen atoms in total. The lowest BCUT2D eigenvalue weighted by atomic mass is 10.3. The molecule has 0 aliphatic rings. The van der Waals surface area contributed by atoms with Crippen LogP contribution in [0.3, 0.4) is 0 Å². The minimum atomic E-state index is 0.171. The van der Waals surface area contributed by atoms with Gasteiger partial charge in [0.1, 0.15) is 0 Å². The predicted molar refractivity (Wildman–Crippen MR) is 43.8 cm³/mol. The molecule has 0 saturated carbocycles. The van der Waals surface area contributed by atoms with E-state index in [-0.39, 0.29) is 5.17 Å². The van der Waals surface area contributed by atoms with Crippen LogP contribution in [0.4, 0.5) is 0 Å². The molecule has 0 atom stereocenters. The van der Waals surface area contributed by atoms with Gasteiger partial charge in [0.05, 0.1) is 0 Å². The van der Waals surface area contributed by atoms with E-state index in [1.165, 1.54) is 11.8 Å². The summed E-state index contributed by atoms with van der Waals surface area (Å²) < 4.78 is 0. The molecule has 0 aromatic carbocycles. The highest BCUT2D eigenvalue weighted by Crippen LogP contribution is 2.06. The summed E-state index contributed by atoms with van der Waals surface area (Å²) in [7, 11) is 0. The first-order chi connectivity index (χ1) is 4.16. The highest BCUT2D eigenvalue weighted by atomic mass is 32.2. The maximum absolute atomic E-state index is 6.86. The van der Waals surface area contributed by atoms with Crippen LogP contribution in [0.5, 0.6) is 0 Å². The summed E-state index contributed by atoms with van der Waals surface area (Å²) in [5, 5.41) is 7.03. The van der Waals surface area contributed by atoms with E-state index in [0.717, 1.165) is 17.7 Å². The van der Waals surface area contributed by atoms with Crippen LogP contribution in [-0.2, 0) is 0 Å². The van der Waals surface area contributed by atoms with Crippen molar-refractivity contribution in [3.63, 3.8) is 0 Å². The van der Waals surface area contributed by atoms with Crippen LogP contribution in [0.1, 0.15) is 13.3 Å². The molecular formula is C6H12N2S. The van der Waals surface area contributed by atoms with Crippen molar-refractivity contribution in [3.05, 3.63) is 12.2 Å². The molecule has 0 aliphatic heterocycles. The van der Waals surface area contributed by atoms with Crippen molar-refractivity contribution in [3.8, 4) is 0 Å². The quantitative estimate of drug-likeness (QED) is 0.359. The van der Waals surface area contributed by atoms with Crippen LogP contribution in [0.15, 0.2) is 12.2 Å². The van der Waals surface area contributed by atoms with Gasteiger partial charge in [-0.15, -0.1) is 0 Å². The topological polar surface area (TPSA) is 49.9 Å². The summed E-state index contributed by atoms with van der Waals surface area (Å²) in [5.74, 6) is 0.784. The van der Waals surface area contributed by atoms with E-state index >= 15 is 0 Å². The zero-order valence-corrected chi connectivity index (χ0v) is 6.42. The molecule has 0 aliphatic carbocycles. The van der Waals surface area contributed by atoms with Gasteiger partial charge in [0, 0.05) is 5.75 Å². The Kier molecular flexibility index (Phi) is 4.22. The highest BCUT2D eigenvalue weighted by molar-refractivity contribution is 8.13.